The zero-order chi connectivity index (χ0) is 22.0. The van der Waals surface area contributed by atoms with Crippen molar-refractivity contribution in [2.75, 3.05) is 14.2 Å². The van der Waals surface area contributed by atoms with Crippen molar-refractivity contribution in [2.24, 2.45) is 0 Å². The van der Waals surface area contributed by atoms with Crippen molar-refractivity contribution in [1.82, 2.24) is 4.90 Å². The third-order valence-electron chi connectivity index (χ3n) is 5.44. The van der Waals surface area contributed by atoms with Crippen LogP contribution in [0.4, 0.5) is 0 Å². The highest BCUT2D eigenvalue weighted by Crippen LogP contribution is 2.46. The quantitative estimate of drug-likeness (QED) is 0.505. The lowest BCUT2D eigenvalue weighted by molar-refractivity contribution is -0.130. The number of aliphatic hydroxyl groups is 1. The molecule has 1 atom stereocenters. The largest absolute Gasteiger partial charge is 0.503 e. The van der Waals surface area contributed by atoms with Crippen molar-refractivity contribution >= 4 is 27.4 Å². The van der Waals surface area contributed by atoms with Gasteiger partial charge in [-0.2, -0.15) is 0 Å². The fourth-order valence-corrected chi connectivity index (χ4v) is 4.42. The smallest absolute Gasteiger partial charge is 0.290 e. The van der Waals surface area contributed by atoms with E-state index >= 15 is 0 Å². The summed E-state index contributed by atoms with van der Waals surface area (Å²) in [5.74, 6) is 0.730. The van der Waals surface area contributed by atoms with Gasteiger partial charge in [0.25, 0.3) is 5.91 Å². The van der Waals surface area contributed by atoms with Crippen LogP contribution < -0.4 is 9.47 Å². The zero-order valence-corrected chi connectivity index (χ0v) is 18.8. The monoisotopic (exact) mass is 479 g/mol. The van der Waals surface area contributed by atoms with Crippen LogP contribution in [0.3, 0.4) is 0 Å². The topological polar surface area (TPSA) is 59.0 Å². The van der Waals surface area contributed by atoms with Gasteiger partial charge in [-0.1, -0.05) is 64.5 Å². The van der Waals surface area contributed by atoms with Gasteiger partial charge in [-0.3, -0.25) is 4.79 Å². The predicted octanol–water partition coefficient (Wildman–Crippen LogP) is 5.52. The minimum absolute atomic E-state index is 0.249. The van der Waals surface area contributed by atoms with E-state index in [1.54, 1.807) is 19.1 Å². The molecule has 3 aromatic carbocycles. The SMILES string of the molecule is COc1ccc(C2=C(O)C(=O)N(Cc3ccccc3OC)C2c2ccccc2Br)cc1. The van der Waals surface area contributed by atoms with Gasteiger partial charge in [-0.05, 0) is 35.4 Å². The van der Waals surface area contributed by atoms with Gasteiger partial charge in [-0.15, -0.1) is 0 Å². The van der Waals surface area contributed by atoms with Gasteiger partial charge in [0.15, 0.2) is 5.76 Å². The summed E-state index contributed by atoms with van der Waals surface area (Å²) < 4.78 is 11.6. The fourth-order valence-electron chi connectivity index (χ4n) is 3.92. The molecule has 0 aliphatic carbocycles. The molecule has 1 aliphatic heterocycles. The van der Waals surface area contributed by atoms with Crippen LogP contribution in [0, 0.1) is 0 Å². The Kier molecular flexibility index (Phi) is 6.00. The van der Waals surface area contributed by atoms with Gasteiger partial charge >= 0.3 is 0 Å². The Balaban J connectivity index is 1.83. The summed E-state index contributed by atoms with van der Waals surface area (Å²) in [6.45, 7) is 0.290. The van der Waals surface area contributed by atoms with Gasteiger partial charge in [0.1, 0.15) is 11.5 Å². The molecular formula is C25H22BrNO4. The van der Waals surface area contributed by atoms with E-state index in [0.717, 1.165) is 21.2 Å². The molecule has 31 heavy (non-hydrogen) atoms. The Morgan fingerprint density at radius 2 is 1.61 bits per heavy atom. The van der Waals surface area contributed by atoms with Crippen LogP contribution in [0.25, 0.3) is 5.57 Å². The molecule has 1 N–H and O–H groups in total. The number of rotatable bonds is 6. The van der Waals surface area contributed by atoms with Crippen LogP contribution in [-0.2, 0) is 11.3 Å². The molecule has 1 unspecified atom stereocenters. The Hall–Kier alpha value is -3.25. The first-order valence-corrected chi connectivity index (χ1v) is 10.6. The molecule has 0 aromatic heterocycles. The van der Waals surface area contributed by atoms with E-state index in [4.69, 9.17) is 9.47 Å². The molecule has 6 heteroatoms. The normalized spacial score (nSPS) is 16.0. The number of carbonyl (C=O) groups excluding carboxylic acids is 1. The average Bonchev–Trinajstić information content (AvgIpc) is 3.04. The Morgan fingerprint density at radius 3 is 2.29 bits per heavy atom. The number of carbonyl (C=O) groups is 1. The number of aliphatic hydroxyl groups excluding tert-OH is 1. The number of para-hydroxylation sites is 1. The molecule has 4 rings (SSSR count). The van der Waals surface area contributed by atoms with E-state index in [9.17, 15) is 9.90 Å². The van der Waals surface area contributed by atoms with Crippen molar-refractivity contribution in [3.63, 3.8) is 0 Å². The molecule has 1 aliphatic rings. The number of halogens is 1. The molecule has 0 saturated heterocycles. The van der Waals surface area contributed by atoms with E-state index < -0.39 is 11.9 Å². The molecule has 1 heterocycles. The number of nitrogens with zero attached hydrogens (tertiary/aromatic N) is 1. The Bertz CT molecular complexity index is 1140. The van der Waals surface area contributed by atoms with E-state index in [2.05, 4.69) is 15.9 Å². The highest BCUT2D eigenvalue weighted by Gasteiger charge is 2.42. The first-order chi connectivity index (χ1) is 15.0. The van der Waals surface area contributed by atoms with E-state index in [1.165, 1.54) is 0 Å². The van der Waals surface area contributed by atoms with Crippen molar-refractivity contribution in [3.05, 3.63) is 99.7 Å². The number of hydrogen-bond donors (Lipinski definition) is 1. The van der Waals surface area contributed by atoms with E-state index in [1.807, 2.05) is 72.8 Å². The number of methoxy groups -OCH3 is 2. The number of hydrogen-bond acceptors (Lipinski definition) is 4. The minimum atomic E-state index is -0.471. The molecule has 0 fully saturated rings. The lowest BCUT2D eigenvalue weighted by atomic mass is 9.93. The van der Waals surface area contributed by atoms with Gasteiger partial charge in [0.2, 0.25) is 0 Å². The number of ether oxygens (including phenoxy) is 2. The maximum absolute atomic E-state index is 13.2. The molecule has 0 saturated carbocycles. The van der Waals surface area contributed by atoms with Gasteiger partial charge in [0, 0.05) is 15.6 Å². The summed E-state index contributed by atoms with van der Waals surface area (Å²) in [6.07, 6.45) is 0. The van der Waals surface area contributed by atoms with Gasteiger partial charge < -0.3 is 19.5 Å². The highest BCUT2D eigenvalue weighted by atomic mass is 79.9. The average molecular weight is 480 g/mol. The molecular weight excluding hydrogens is 458 g/mol. The van der Waals surface area contributed by atoms with Crippen molar-refractivity contribution < 1.29 is 19.4 Å². The van der Waals surface area contributed by atoms with Crippen molar-refractivity contribution in [1.29, 1.82) is 0 Å². The molecule has 5 nitrogen and oxygen atoms in total. The molecule has 0 radical (unpaired) electrons. The van der Waals surface area contributed by atoms with Crippen LogP contribution in [-0.4, -0.2) is 30.1 Å². The predicted molar refractivity (Wildman–Crippen MR) is 123 cm³/mol. The first kappa shape index (κ1) is 21.0. The summed E-state index contributed by atoms with van der Waals surface area (Å²) in [6, 6.07) is 22.2. The maximum Gasteiger partial charge on any atom is 0.290 e. The van der Waals surface area contributed by atoms with Gasteiger partial charge in [0.05, 0.1) is 26.8 Å². The molecule has 3 aromatic rings. The molecule has 158 valence electrons. The number of amides is 1. The van der Waals surface area contributed by atoms with E-state index in [-0.39, 0.29) is 5.76 Å². The first-order valence-electron chi connectivity index (χ1n) is 9.80. The number of benzene rings is 3. The second-order valence-electron chi connectivity index (χ2n) is 7.16. The highest BCUT2D eigenvalue weighted by molar-refractivity contribution is 9.10. The zero-order valence-electron chi connectivity index (χ0n) is 17.2. The third kappa shape index (κ3) is 3.91. The molecule has 0 spiro atoms. The van der Waals surface area contributed by atoms with Crippen molar-refractivity contribution in [3.8, 4) is 11.5 Å². The summed E-state index contributed by atoms with van der Waals surface area (Å²) in [5, 5.41) is 10.9. The van der Waals surface area contributed by atoms with Crippen LogP contribution >= 0.6 is 15.9 Å². The summed E-state index contributed by atoms with van der Waals surface area (Å²) in [7, 11) is 3.21. The third-order valence-corrected chi connectivity index (χ3v) is 6.16. The Morgan fingerprint density at radius 1 is 0.935 bits per heavy atom. The van der Waals surface area contributed by atoms with Gasteiger partial charge in [-0.25, -0.2) is 0 Å². The fraction of sp³-hybridized carbons (Fsp3) is 0.160. The second kappa shape index (κ2) is 8.86. The van der Waals surface area contributed by atoms with Crippen LogP contribution in [0.15, 0.2) is 83.0 Å². The maximum atomic E-state index is 13.2. The van der Waals surface area contributed by atoms with Crippen LogP contribution in [0.1, 0.15) is 22.7 Å². The Labute approximate surface area is 189 Å². The second-order valence-corrected chi connectivity index (χ2v) is 8.01. The summed E-state index contributed by atoms with van der Waals surface area (Å²) in [4.78, 5) is 14.9. The summed E-state index contributed by atoms with van der Waals surface area (Å²) >= 11 is 3.62. The van der Waals surface area contributed by atoms with Crippen LogP contribution in [0.2, 0.25) is 0 Å². The van der Waals surface area contributed by atoms with E-state index in [0.29, 0.717) is 23.6 Å². The van der Waals surface area contributed by atoms with Crippen LogP contribution in [0.5, 0.6) is 11.5 Å². The molecule has 1 amide bonds. The molecule has 0 bridgehead atoms. The lowest BCUT2D eigenvalue weighted by Crippen LogP contribution is -2.30. The minimum Gasteiger partial charge on any atom is -0.503 e. The standard InChI is InChI=1S/C25H22BrNO4/c1-30-18-13-11-16(12-14-18)22-23(19-8-4-5-9-20(19)26)27(25(29)24(22)28)15-17-7-3-6-10-21(17)31-2/h3-14,23,28H,15H2,1-2H3. The summed E-state index contributed by atoms with van der Waals surface area (Å²) in [5.41, 5.74) is 3.07. The lowest BCUT2D eigenvalue weighted by Gasteiger charge is -2.28. The van der Waals surface area contributed by atoms with Crippen molar-refractivity contribution in [2.45, 2.75) is 12.6 Å².